The first-order valence-electron chi connectivity index (χ1n) is 7.48. The number of nitrogens with one attached hydrogen (secondary N) is 1. The van der Waals surface area contributed by atoms with Crippen molar-refractivity contribution in [3.8, 4) is 0 Å². The second kappa shape index (κ2) is 6.02. The van der Waals surface area contributed by atoms with Crippen molar-refractivity contribution >= 4 is 11.6 Å². The highest BCUT2D eigenvalue weighted by atomic mass is 35.5. The van der Waals surface area contributed by atoms with Crippen LogP contribution in [0, 0.1) is 6.92 Å². The van der Waals surface area contributed by atoms with Gasteiger partial charge in [-0.15, -0.1) is 0 Å². The van der Waals surface area contributed by atoms with Gasteiger partial charge in [0.05, 0.1) is 18.8 Å². The molecule has 0 amide bonds. The Hall–Kier alpha value is -0.610. The first-order valence-corrected chi connectivity index (χ1v) is 7.86. The third-order valence-electron chi connectivity index (χ3n) is 4.36. The summed E-state index contributed by atoms with van der Waals surface area (Å²) in [7, 11) is 1.99. The van der Waals surface area contributed by atoms with E-state index in [1.807, 2.05) is 13.1 Å². The molecule has 1 N–H and O–H groups in total. The summed E-state index contributed by atoms with van der Waals surface area (Å²) in [4.78, 5) is 2.64. The molecule has 0 bridgehead atoms. The molecule has 0 radical (unpaired) electrons. The molecule has 0 spiro atoms. The number of rotatable bonds is 4. The number of benzene rings is 1. The number of hydrogen-bond acceptors (Lipinski definition) is 3. The third-order valence-corrected chi connectivity index (χ3v) is 4.60. The van der Waals surface area contributed by atoms with E-state index in [0.717, 1.165) is 30.8 Å². The van der Waals surface area contributed by atoms with Crippen molar-refractivity contribution in [2.45, 2.75) is 38.0 Å². The summed E-state index contributed by atoms with van der Waals surface area (Å²) in [6.45, 7) is 4.91. The van der Waals surface area contributed by atoms with Gasteiger partial charge in [0, 0.05) is 24.2 Å². The minimum Gasteiger partial charge on any atom is -0.374 e. The van der Waals surface area contributed by atoms with Gasteiger partial charge in [-0.05, 0) is 50.1 Å². The summed E-state index contributed by atoms with van der Waals surface area (Å²) in [5.41, 5.74) is 2.63. The van der Waals surface area contributed by atoms with Crippen LogP contribution in [0.2, 0.25) is 5.02 Å². The number of likely N-dealkylation sites (N-methyl/N-ethyl adjacent to an activating group) is 1. The first-order chi connectivity index (χ1) is 9.70. The molecular weight excluding hydrogens is 272 g/mol. The Morgan fingerprint density at radius 3 is 2.85 bits per heavy atom. The van der Waals surface area contributed by atoms with Crippen LogP contribution in [0.3, 0.4) is 0 Å². The Labute approximate surface area is 126 Å². The minimum absolute atomic E-state index is 0.217. The summed E-state index contributed by atoms with van der Waals surface area (Å²) in [5, 5.41) is 4.08. The highest BCUT2D eigenvalue weighted by Crippen LogP contribution is 2.40. The largest absolute Gasteiger partial charge is 0.374 e. The van der Waals surface area contributed by atoms with Gasteiger partial charge in [-0.3, -0.25) is 4.90 Å². The lowest BCUT2D eigenvalue weighted by Gasteiger charge is -2.42. The van der Waals surface area contributed by atoms with Gasteiger partial charge in [0.25, 0.3) is 0 Å². The lowest BCUT2D eigenvalue weighted by Crippen LogP contribution is -2.49. The quantitative estimate of drug-likeness (QED) is 0.924. The number of nitrogens with zero attached hydrogens (tertiary/aromatic N) is 1. The Balaban J connectivity index is 1.93. The topological polar surface area (TPSA) is 24.5 Å². The van der Waals surface area contributed by atoms with Crippen LogP contribution in [0.4, 0.5) is 0 Å². The van der Waals surface area contributed by atoms with Crippen LogP contribution < -0.4 is 5.32 Å². The number of ether oxygens (including phenoxy) is 1. The van der Waals surface area contributed by atoms with Gasteiger partial charge in [0.2, 0.25) is 0 Å². The molecule has 3 nitrogen and oxygen atoms in total. The lowest BCUT2D eigenvalue weighted by molar-refractivity contribution is -0.0741. The smallest absolute Gasteiger partial charge is 0.0896 e. The van der Waals surface area contributed by atoms with Gasteiger partial charge in [-0.2, -0.15) is 0 Å². The maximum absolute atomic E-state index is 6.11. The van der Waals surface area contributed by atoms with Gasteiger partial charge in [0.15, 0.2) is 0 Å². The second-order valence-electron chi connectivity index (χ2n) is 5.88. The normalized spacial score (nSPS) is 27.8. The SMILES string of the molecule is CNCC1OCCN(C2CC2)C1c1ccc(Cl)cc1C. The minimum atomic E-state index is 0.217. The molecule has 1 saturated carbocycles. The molecule has 1 saturated heterocycles. The molecule has 2 atom stereocenters. The van der Waals surface area contributed by atoms with E-state index in [9.17, 15) is 0 Å². The molecule has 2 unspecified atom stereocenters. The predicted octanol–water partition coefficient (Wildman–Crippen LogP) is 2.77. The van der Waals surface area contributed by atoms with Crippen LogP contribution in [0.5, 0.6) is 0 Å². The first kappa shape index (κ1) is 14.3. The van der Waals surface area contributed by atoms with Crippen molar-refractivity contribution in [1.29, 1.82) is 0 Å². The Morgan fingerprint density at radius 1 is 1.40 bits per heavy atom. The van der Waals surface area contributed by atoms with E-state index in [0.29, 0.717) is 6.04 Å². The zero-order valence-corrected chi connectivity index (χ0v) is 13.0. The number of halogens is 1. The Bertz CT molecular complexity index is 474. The monoisotopic (exact) mass is 294 g/mol. The van der Waals surface area contributed by atoms with Gasteiger partial charge in [-0.1, -0.05) is 17.7 Å². The van der Waals surface area contributed by atoms with Crippen LogP contribution in [0.15, 0.2) is 18.2 Å². The summed E-state index contributed by atoms with van der Waals surface area (Å²) < 4.78 is 6.04. The third kappa shape index (κ3) is 2.86. The standard InChI is InChI=1S/C16H23ClN2O/c1-11-9-12(17)3-6-14(11)16-15(10-18-2)20-8-7-19(16)13-4-5-13/h3,6,9,13,15-16,18H,4-5,7-8,10H2,1-2H3. The summed E-state index contributed by atoms with van der Waals surface area (Å²) in [6, 6.07) is 7.33. The molecular formula is C16H23ClN2O. The predicted molar refractivity (Wildman–Crippen MR) is 82.3 cm³/mol. The molecule has 20 heavy (non-hydrogen) atoms. The fourth-order valence-corrected chi connectivity index (χ4v) is 3.52. The zero-order chi connectivity index (χ0) is 14.1. The summed E-state index contributed by atoms with van der Waals surface area (Å²) in [5.74, 6) is 0. The van der Waals surface area contributed by atoms with Crippen LogP contribution in [0.25, 0.3) is 0 Å². The van der Waals surface area contributed by atoms with Gasteiger partial charge in [-0.25, -0.2) is 0 Å². The van der Waals surface area contributed by atoms with Crippen molar-refractivity contribution < 1.29 is 4.74 Å². The van der Waals surface area contributed by atoms with Crippen LogP contribution in [-0.2, 0) is 4.74 Å². The molecule has 1 aliphatic heterocycles. The van der Waals surface area contributed by atoms with E-state index in [-0.39, 0.29) is 6.10 Å². The fourth-order valence-electron chi connectivity index (χ4n) is 3.29. The molecule has 1 aromatic rings. The van der Waals surface area contributed by atoms with Crippen LogP contribution >= 0.6 is 11.6 Å². The Kier molecular flexibility index (Phi) is 4.32. The molecule has 2 aliphatic rings. The van der Waals surface area contributed by atoms with Crippen molar-refractivity contribution in [3.63, 3.8) is 0 Å². The summed E-state index contributed by atoms with van der Waals surface area (Å²) in [6.07, 6.45) is 2.87. The van der Waals surface area contributed by atoms with Crippen LogP contribution in [0.1, 0.15) is 30.0 Å². The van der Waals surface area contributed by atoms with Gasteiger partial charge >= 0.3 is 0 Å². The molecule has 2 fully saturated rings. The maximum Gasteiger partial charge on any atom is 0.0896 e. The van der Waals surface area contributed by atoms with E-state index < -0.39 is 0 Å². The number of morpholine rings is 1. The lowest BCUT2D eigenvalue weighted by atomic mass is 9.94. The molecule has 1 heterocycles. The van der Waals surface area contributed by atoms with E-state index in [1.165, 1.54) is 24.0 Å². The maximum atomic E-state index is 6.11. The molecule has 4 heteroatoms. The fraction of sp³-hybridized carbons (Fsp3) is 0.625. The highest BCUT2D eigenvalue weighted by molar-refractivity contribution is 6.30. The number of aryl methyl sites for hydroxylation is 1. The van der Waals surface area contributed by atoms with E-state index in [1.54, 1.807) is 0 Å². The zero-order valence-electron chi connectivity index (χ0n) is 12.2. The van der Waals surface area contributed by atoms with E-state index >= 15 is 0 Å². The van der Waals surface area contributed by atoms with Crippen molar-refractivity contribution in [2.24, 2.45) is 0 Å². The van der Waals surface area contributed by atoms with E-state index in [4.69, 9.17) is 16.3 Å². The molecule has 3 rings (SSSR count). The summed E-state index contributed by atoms with van der Waals surface area (Å²) >= 11 is 6.11. The molecule has 1 aromatic carbocycles. The van der Waals surface area contributed by atoms with Crippen molar-refractivity contribution in [2.75, 3.05) is 26.7 Å². The van der Waals surface area contributed by atoms with Crippen LogP contribution in [-0.4, -0.2) is 43.8 Å². The van der Waals surface area contributed by atoms with Gasteiger partial charge < -0.3 is 10.1 Å². The van der Waals surface area contributed by atoms with Crippen molar-refractivity contribution in [1.82, 2.24) is 10.2 Å². The average Bonchev–Trinajstić information content (AvgIpc) is 3.24. The molecule has 110 valence electrons. The molecule has 0 aromatic heterocycles. The number of hydrogen-bond donors (Lipinski definition) is 1. The molecule has 1 aliphatic carbocycles. The van der Waals surface area contributed by atoms with Crippen molar-refractivity contribution in [3.05, 3.63) is 34.3 Å². The second-order valence-corrected chi connectivity index (χ2v) is 6.32. The van der Waals surface area contributed by atoms with Gasteiger partial charge in [0.1, 0.15) is 0 Å². The average molecular weight is 295 g/mol. The van der Waals surface area contributed by atoms with E-state index in [2.05, 4.69) is 29.3 Å². The Morgan fingerprint density at radius 2 is 2.20 bits per heavy atom. The highest BCUT2D eigenvalue weighted by Gasteiger charge is 2.41.